The normalized spacial score (nSPS) is 18.1. The number of carbonyl (C=O) groups is 2. The molecule has 0 aromatic rings. The summed E-state index contributed by atoms with van der Waals surface area (Å²) in [5, 5.41) is 9.06. The predicted molar refractivity (Wildman–Crippen MR) is 68.2 cm³/mol. The Morgan fingerprint density at radius 2 is 1.61 bits per heavy atom. The highest BCUT2D eigenvalue weighted by Crippen LogP contribution is 2.23. The SMILES string of the molecule is CC/C(C(=O)O)=C(/CC)C(=O)OC1CCCCC1. The lowest BCUT2D eigenvalue weighted by Gasteiger charge is -2.22. The van der Waals surface area contributed by atoms with Crippen LogP contribution in [-0.2, 0) is 14.3 Å². The lowest BCUT2D eigenvalue weighted by Crippen LogP contribution is -2.23. The Labute approximate surface area is 108 Å². The van der Waals surface area contributed by atoms with Crippen molar-refractivity contribution in [1.82, 2.24) is 0 Å². The first-order valence-corrected chi connectivity index (χ1v) is 6.76. The average molecular weight is 254 g/mol. The van der Waals surface area contributed by atoms with Crippen molar-refractivity contribution in [3.8, 4) is 0 Å². The molecule has 1 aliphatic rings. The van der Waals surface area contributed by atoms with E-state index in [-0.39, 0.29) is 11.7 Å². The number of aliphatic carboxylic acids is 1. The molecule has 0 bridgehead atoms. The molecule has 0 amide bonds. The summed E-state index contributed by atoms with van der Waals surface area (Å²) in [6.07, 6.45) is 5.89. The topological polar surface area (TPSA) is 63.6 Å². The van der Waals surface area contributed by atoms with E-state index in [2.05, 4.69) is 0 Å². The molecule has 1 N–H and O–H groups in total. The third-order valence-electron chi connectivity index (χ3n) is 3.40. The van der Waals surface area contributed by atoms with E-state index in [9.17, 15) is 9.59 Å². The van der Waals surface area contributed by atoms with Crippen molar-refractivity contribution in [3.05, 3.63) is 11.1 Å². The zero-order valence-corrected chi connectivity index (χ0v) is 11.2. The summed E-state index contributed by atoms with van der Waals surface area (Å²) in [6.45, 7) is 3.53. The van der Waals surface area contributed by atoms with Crippen molar-refractivity contribution in [1.29, 1.82) is 0 Å². The highest BCUT2D eigenvalue weighted by atomic mass is 16.5. The Morgan fingerprint density at radius 1 is 1.06 bits per heavy atom. The van der Waals surface area contributed by atoms with Gasteiger partial charge in [0.2, 0.25) is 0 Å². The zero-order chi connectivity index (χ0) is 13.5. The summed E-state index contributed by atoms with van der Waals surface area (Å²) < 4.78 is 5.42. The van der Waals surface area contributed by atoms with E-state index in [0.29, 0.717) is 18.4 Å². The Bertz CT molecular complexity index is 338. The lowest BCUT2D eigenvalue weighted by atomic mass is 9.97. The molecular formula is C14H22O4. The molecule has 18 heavy (non-hydrogen) atoms. The Morgan fingerprint density at radius 3 is 2.06 bits per heavy atom. The van der Waals surface area contributed by atoms with Crippen molar-refractivity contribution in [2.75, 3.05) is 0 Å². The van der Waals surface area contributed by atoms with Gasteiger partial charge in [-0.1, -0.05) is 20.3 Å². The van der Waals surface area contributed by atoms with Crippen LogP contribution in [0, 0.1) is 0 Å². The fourth-order valence-corrected chi connectivity index (χ4v) is 2.38. The molecule has 0 unspecified atom stereocenters. The molecule has 1 fully saturated rings. The number of hydrogen-bond acceptors (Lipinski definition) is 3. The number of esters is 1. The van der Waals surface area contributed by atoms with E-state index in [1.807, 2.05) is 0 Å². The van der Waals surface area contributed by atoms with Gasteiger partial charge in [-0.3, -0.25) is 0 Å². The predicted octanol–water partition coefficient (Wildman–Crippen LogP) is 3.06. The number of carboxylic acid groups (broad SMARTS) is 1. The minimum Gasteiger partial charge on any atom is -0.478 e. The van der Waals surface area contributed by atoms with Gasteiger partial charge in [0.25, 0.3) is 0 Å². The van der Waals surface area contributed by atoms with Crippen molar-refractivity contribution in [2.45, 2.75) is 64.9 Å². The van der Waals surface area contributed by atoms with Gasteiger partial charge in [0.05, 0.1) is 0 Å². The molecule has 0 aliphatic heterocycles. The van der Waals surface area contributed by atoms with E-state index < -0.39 is 11.9 Å². The zero-order valence-electron chi connectivity index (χ0n) is 11.2. The van der Waals surface area contributed by atoms with Gasteiger partial charge < -0.3 is 9.84 Å². The van der Waals surface area contributed by atoms with E-state index in [1.54, 1.807) is 13.8 Å². The maximum atomic E-state index is 12.0. The van der Waals surface area contributed by atoms with Crippen LogP contribution in [0.1, 0.15) is 58.8 Å². The van der Waals surface area contributed by atoms with E-state index in [0.717, 1.165) is 25.7 Å². The fraction of sp³-hybridized carbons (Fsp3) is 0.714. The van der Waals surface area contributed by atoms with Gasteiger partial charge in [0, 0.05) is 11.1 Å². The van der Waals surface area contributed by atoms with Gasteiger partial charge in [0.1, 0.15) is 6.10 Å². The summed E-state index contributed by atoms with van der Waals surface area (Å²) in [5.74, 6) is -1.46. The highest BCUT2D eigenvalue weighted by Gasteiger charge is 2.23. The van der Waals surface area contributed by atoms with Crippen molar-refractivity contribution in [2.24, 2.45) is 0 Å². The Balaban J connectivity index is 2.75. The molecule has 102 valence electrons. The van der Waals surface area contributed by atoms with Gasteiger partial charge in [-0.15, -0.1) is 0 Å². The number of ether oxygens (including phenoxy) is 1. The first kappa shape index (κ1) is 14.7. The summed E-state index contributed by atoms with van der Waals surface area (Å²) >= 11 is 0. The van der Waals surface area contributed by atoms with E-state index in [4.69, 9.17) is 9.84 Å². The molecule has 0 heterocycles. The molecule has 0 saturated heterocycles. The smallest absolute Gasteiger partial charge is 0.334 e. The second-order valence-corrected chi connectivity index (χ2v) is 4.63. The van der Waals surface area contributed by atoms with Crippen LogP contribution in [-0.4, -0.2) is 23.1 Å². The molecule has 0 atom stereocenters. The largest absolute Gasteiger partial charge is 0.478 e. The third-order valence-corrected chi connectivity index (χ3v) is 3.40. The Kier molecular flexibility index (Phi) is 5.89. The molecule has 1 rings (SSSR count). The highest BCUT2D eigenvalue weighted by molar-refractivity contribution is 5.99. The standard InChI is InChI=1S/C14H22O4/c1-3-11(13(15)16)12(4-2)14(17)18-10-8-6-5-7-9-10/h10H,3-9H2,1-2H3,(H,15,16)/b12-11+. The molecule has 0 radical (unpaired) electrons. The molecule has 4 heteroatoms. The number of rotatable bonds is 5. The van der Waals surface area contributed by atoms with Crippen molar-refractivity contribution < 1.29 is 19.4 Å². The number of carbonyl (C=O) groups excluding carboxylic acids is 1. The third kappa shape index (κ3) is 3.86. The van der Waals surface area contributed by atoms with Crippen LogP contribution in [0.25, 0.3) is 0 Å². The summed E-state index contributed by atoms with van der Waals surface area (Å²) in [7, 11) is 0. The summed E-state index contributed by atoms with van der Waals surface area (Å²) in [6, 6.07) is 0. The molecule has 0 spiro atoms. The van der Waals surface area contributed by atoms with Gasteiger partial charge >= 0.3 is 11.9 Å². The van der Waals surface area contributed by atoms with Gasteiger partial charge in [0.15, 0.2) is 0 Å². The van der Waals surface area contributed by atoms with Crippen LogP contribution in [0.3, 0.4) is 0 Å². The molecular weight excluding hydrogens is 232 g/mol. The minimum absolute atomic E-state index is 0.0281. The monoisotopic (exact) mass is 254 g/mol. The molecule has 4 nitrogen and oxygen atoms in total. The molecule has 1 saturated carbocycles. The van der Waals surface area contributed by atoms with Gasteiger partial charge in [-0.2, -0.15) is 0 Å². The molecule has 1 aliphatic carbocycles. The number of carboxylic acids is 1. The fourth-order valence-electron chi connectivity index (χ4n) is 2.38. The first-order valence-electron chi connectivity index (χ1n) is 6.76. The Hall–Kier alpha value is -1.32. The van der Waals surface area contributed by atoms with Crippen molar-refractivity contribution in [3.63, 3.8) is 0 Å². The van der Waals surface area contributed by atoms with Crippen LogP contribution < -0.4 is 0 Å². The summed E-state index contributed by atoms with van der Waals surface area (Å²) in [4.78, 5) is 23.1. The van der Waals surface area contributed by atoms with Gasteiger partial charge in [-0.25, -0.2) is 9.59 Å². The maximum absolute atomic E-state index is 12.0. The second kappa shape index (κ2) is 7.19. The second-order valence-electron chi connectivity index (χ2n) is 4.63. The lowest BCUT2D eigenvalue weighted by molar-refractivity contribution is -0.146. The summed E-state index contributed by atoms with van der Waals surface area (Å²) in [5.41, 5.74) is 0.494. The first-order chi connectivity index (χ1) is 8.60. The average Bonchev–Trinajstić information content (AvgIpc) is 2.36. The van der Waals surface area contributed by atoms with E-state index in [1.165, 1.54) is 6.42 Å². The van der Waals surface area contributed by atoms with Crippen LogP contribution >= 0.6 is 0 Å². The quantitative estimate of drug-likeness (QED) is 0.605. The van der Waals surface area contributed by atoms with Crippen LogP contribution in [0.15, 0.2) is 11.1 Å². The minimum atomic E-state index is -1.02. The number of hydrogen-bond donors (Lipinski definition) is 1. The maximum Gasteiger partial charge on any atom is 0.334 e. The van der Waals surface area contributed by atoms with Crippen LogP contribution in [0.5, 0.6) is 0 Å². The van der Waals surface area contributed by atoms with Gasteiger partial charge in [-0.05, 0) is 38.5 Å². The van der Waals surface area contributed by atoms with Crippen molar-refractivity contribution >= 4 is 11.9 Å². The van der Waals surface area contributed by atoms with E-state index >= 15 is 0 Å². The van der Waals surface area contributed by atoms with Crippen LogP contribution in [0.4, 0.5) is 0 Å². The molecule has 0 aromatic heterocycles. The van der Waals surface area contributed by atoms with Crippen LogP contribution in [0.2, 0.25) is 0 Å². The molecule has 0 aromatic carbocycles.